The van der Waals surface area contributed by atoms with E-state index in [2.05, 4.69) is 5.32 Å². The summed E-state index contributed by atoms with van der Waals surface area (Å²) in [5.41, 5.74) is -0.0908. The van der Waals surface area contributed by atoms with E-state index in [1.54, 1.807) is 4.90 Å². The molecule has 0 bridgehead atoms. The van der Waals surface area contributed by atoms with Crippen LogP contribution in [0.4, 0.5) is 5.69 Å². The number of rotatable bonds is 9. The molecule has 0 saturated carbocycles. The lowest BCUT2D eigenvalue weighted by Crippen LogP contribution is -2.46. The normalized spacial score (nSPS) is 16.3. The largest absolute Gasteiger partial charge is 0.384 e. The van der Waals surface area contributed by atoms with Crippen molar-refractivity contribution in [3.05, 3.63) is 39.4 Å². The average molecular weight is 446 g/mol. The number of piperidine rings is 1. The number of nitrogens with zero attached hydrogens (tertiary/aromatic N) is 3. The second-order valence-corrected chi connectivity index (χ2v) is 7.82. The molecule has 1 saturated heterocycles. The topological polar surface area (TPSA) is 139 Å². The van der Waals surface area contributed by atoms with E-state index < -0.39 is 16.7 Å². The van der Waals surface area contributed by atoms with Gasteiger partial charge in [0.2, 0.25) is 11.8 Å². The molecule has 11 heteroatoms. The third-order valence-electron chi connectivity index (χ3n) is 5.68. The van der Waals surface area contributed by atoms with Crippen LogP contribution >= 0.6 is 0 Å². The number of nitro groups is 1. The molecule has 2 aliphatic heterocycles. The number of hydrogen-bond acceptors (Lipinski definition) is 7. The molecule has 32 heavy (non-hydrogen) atoms. The predicted molar refractivity (Wildman–Crippen MR) is 112 cm³/mol. The van der Waals surface area contributed by atoms with Crippen molar-refractivity contribution in [2.24, 2.45) is 0 Å². The molecular weight excluding hydrogens is 420 g/mol. The number of nitro benzene ring substituents is 1. The van der Waals surface area contributed by atoms with Crippen molar-refractivity contribution in [2.45, 2.75) is 38.1 Å². The van der Waals surface area contributed by atoms with E-state index in [0.29, 0.717) is 45.4 Å². The predicted octanol–water partition coefficient (Wildman–Crippen LogP) is 1.11. The highest BCUT2D eigenvalue weighted by Crippen LogP contribution is 2.27. The van der Waals surface area contributed by atoms with Crippen molar-refractivity contribution in [1.82, 2.24) is 15.1 Å². The van der Waals surface area contributed by atoms with Crippen LogP contribution in [-0.4, -0.2) is 77.7 Å². The zero-order chi connectivity index (χ0) is 23.3. The number of likely N-dealkylation sites (tertiary alicyclic amines) is 1. The first kappa shape index (κ1) is 23.3. The van der Waals surface area contributed by atoms with Crippen molar-refractivity contribution in [3.8, 4) is 0 Å². The SMILES string of the molecule is COCCC(=O)NC1CCN(C(=O)CCCN2C(=O)c3ccc([N+](=O)[O-])cc3C2=O)CC1. The minimum absolute atomic E-state index is 0.0187. The van der Waals surface area contributed by atoms with Crippen molar-refractivity contribution in [2.75, 3.05) is 33.4 Å². The van der Waals surface area contributed by atoms with Gasteiger partial charge in [0.1, 0.15) is 0 Å². The van der Waals surface area contributed by atoms with Crippen LogP contribution in [-0.2, 0) is 14.3 Å². The third-order valence-corrected chi connectivity index (χ3v) is 5.68. The Kier molecular flexibility index (Phi) is 7.52. The Labute approximate surface area is 184 Å². The zero-order valence-electron chi connectivity index (χ0n) is 17.9. The molecule has 4 amide bonds. The molecule has 1 aromatic carbocycles. The van der Waals surface area contributed by atoms with Gasteiger partial charge >= 0.3 is 0 Å². The van der Waals surface area contributed by atoms with Crippen molar-refractivity contribution in [3.63, 3.8) is 0 Å². The van der Waals surface area contributed by atoms with E-state index in [-0.39, 0.29) is 47.6 Å². The molecule has 1 N–H and O–H groups in total. The summed E-state index contributed by atoms with van der Waals surface area (Å²) in [6.45, 7) is 1.50. The molecule has 172 valence electrons. The van der Waals surface area contributed by atoms with E-state index in [1.807, 2.05) is 0 Å². The zero-order valence-corrected chi connectivity index (χ0v) is 17.9. The molecule has 0 spiro atoms. The van der Waals surface area contributed by atoms with Gasteiger partial charge in [-0.25, -0.2) is 0 Å². The van der Waals surface area contributed by atoms with Gasteiger partial charge in [0, 0.05) is 57.8 Å². The number of amides is 4. The van der Waals surface area contributed by atoms with E-state index in [9.17, 15) is 29.3 Å². The van der Waals surface area contributed by atoms with E-state index in [4.69, 9.17) is 4.74 Å². The van der Waals surface area contributed by atoms with Gasteiger partial charge in [0.05, 0.1) is 22.7 Å². The summed E-state index contributed by atoms with van der Waals surface area (Å²) >= 11 is 0. The molecular formula is C21H26N4O7. The summed E-state index contributed by atoms with van der Waals surface area (Å²) in [6, 6.07) is 3.63. The van der Waals surface area contributed by atoms with Crippen molar-refractivity contribution < 1.29 is 28.8 Å². The number of carbonyl (C=O) groups is 4. The van der Waals surface area contributed by atoms with Crippen LogP contribution in [0.2, 0.25) is 0 Å². The minimum Gasteiger partial charge on any atom is -0.384 e. The lowest BCUT2D eigenvalue weighted by Gasteiger charge is -2.32. The molecule has 2 heterocycles. The van der Waals surface area contributed by atoms with Gasteiger partial charge in [0.25, 0.3) is 17.5 Å². The minimum atomic E-state index is -0.617. The van der Waals surface area contributed by atoms with Crippen LogP contribution in [0.3, 0.4) is 0 Å². The summed E-state index contributed by atoms with van der Waals surface area (Å²) in [7, 11) is 1.54. The van der Waals surface area contributed by atoms with Gasteiger partial charge in [-0.1, -0.05) is 0 Å². The number of nitrogens with one attached hydrogen (secondary N) is 1. The van der Waals surface area contributed by atoms with Gasteiger partial charge < -0.3 is 15.0 Å². The van der Waals surface area contributed by atoms with Crippen molar-refractivity contribution >= 4 is 29.3 Å². The van der Waals surface area contributed by atoms with Crippen LogP contribution in [0.25, 0.3) is 0 Å². The molecule has 0 unspecified atom stereocenters. The summed E-state index contributed by atoms with van der Waals surface area (Å²) in [4.78, 5) is 62.3. The molecule has 3 rings (SSSR count). The van der Waals surface area contributed by atoms with E-state index in [1.165, 1.54) is 19.2 Å². The van der Waals surface area contributed by atoms with Gasteiger partial charge in [-0.15, -0.1) is 0 Å². The number of ether oxygens (including phenoxy) is 1. The molecule has 0 radical (unpaired) electrons. The molecule has 0 aromatic heterocycles. The maximum absolute atomic E-state index is 12.5. The van der Waals surface area contributed by atoms with Crippen LogP contribution in [0.5, 0.6) is 0 Å². The molecule has 2 aliphatic rings. The maximum atomic E-state index is 12.5. The smallest absolute Gasteiger partial charge is 0.270 e. The first-order chi connectivity index (χ1) is 15.3. The second-order valence-electron chi connectivity index (χ2n) is 7.82. The van der Waals surface area contributed by atoms with E-state index >= 15 is 0 Å². The Morgan fingerprint density at radius 2 is 1.84 bits per heavy atom. The molecule has 0 aliphatic carbocycles. The number of hydrogen-bond donors (Lipinski definition) is 1. The summed E-state index contributed by atoms with van der Waals surface area (Å²) in [5, 5.41) is 13.9. The standard InChI is InChI=1S/C21H26N4O7/c1-32-12-8-18(26)22-14-6-10-23(11-7-14)19(27)3-2-9-24-20(28)16-5-4-15(25(30)31)13-17(16)21(24)29/h4-5,13-14H,2-3,6-12H2,1H3,(H,22,26). The fourth-order valence-electron chi connectivity index (χ4n) is 3.91. The number of imide groups is 1. The summed E-state index contributed by atoms with van der Waals surface area (Å²) in [5.74, 6) is -1.21. The summed E-state index contributed by atoms with van der Waals surface area (Å²) < 4.78 is 4.88. The Morgan fingerprint density at radius 1 is 1.16 bits per heavy atom. The maximum Gasteiger partial charge on any atom is 0.270 e. The molecule has 0 atom stereocenters. The van der Waals surface area contributed by atoms with Gasteiger partial charge in [-0.2, -0.15) is 0 Å². The second kappa shape index (κ2) is 10.3. The highest BCUT2D eigenvalue weighted by atomic mass is 16.6. The highest BCUT2D eigenvalue weighted by molar-refractivity contribution is 6.21. The monoisotopic (exact) mass is 446 g/mol. The van der Waals surface area contributed by atoms with Gasteiger partial charge in [0.15, 0.2) is 0 Å². The first-order valence-corrected chi connectivity index (χ1v) is 10.5. The van der Waals surface area contributed by atoms with Crippen LogP contribution in [0, 0.1) is 10.1 Å². The molecule has 1 aromatic rings. The van der Waals surface area contributed by atoms with Gasteiger partial charge in [-0.3, -0.25) is 34.2 Å². The fraction of sp³-hybridized carbons (Fsp3) is 0.524. The third kappa shape index (κ3) is 5.28. The van der Waals surface area contributed by atoms with Crippen LogP contribution in [0.15, 0.2) is 18.2 Å². The lowest BCUT2D eigenvalue weighted by atomic mass is 10.0. The lowest BCUT2D eigenvalue weighted by molar-refractivity contribution is -0.384. The Bertz CT molecular complexity index is 925. The molecule has 11 nitrogen and oxygen atoms in total. The first-order valence-electron chi connectivity index (χ1n) is 10.5. The van der Waals surface area contributed by atoms with E-state index in [0.717, 1.165) is 11.0 Å². The summed E-state index contributed by atoms with van der Waals surface area (Å²) in [6.07, 6.45) is 2.13. The van der Waals surface area contributed by atoms with Gasteiger partial charge in [-0.05, 0) is 25.3 Å². The van der Waals surface area contributed by atoms with Crippen LogP contribution in [0.1, 0.15) is 52.8 Å². The quantitative estimate of drug-likeness (QED) is 0.340. The Balaban J connectivity index is 1.43. The van der Waals surface area contributed by atoms with Crippen molar-refractivity contribution in [1.29, 1.82) is 0 Å². The Morgan fingerprint density at radius 3 is 2.50 bits per heavy atom. The van der Waals surface area contributed by atoms with Crippen LogP contribution < -0.4 is 5.32 Å². The Hall–Kier alpha value is -3.34. The number of benzene rings is 1. The number of carbonyl (C=O) groups excluding carboxylic acids is 4. The molecule has 1 fully saturated rings. The number of fused-ring (bicyclic) bond motifs is 1. The highest BCUT2D eigenvalue weighted by Gasteiger charge is 2.36. The number of non-ortho nitro benzene ring substituents is 1. The fourth-order valence-corrected chi connectivity index (χ4v) is 3.91. The number of methoxy groups -OCH3 is 1. The average Bonchev–Trinajstić information content (AvgIpc) is 3.02.